The van der Waals surface area contributed by atoms with Crippen LogP contribution in [0.2, 0.25) is 0 Å². The fourth-order valence-electron chi connectivity index (χ4n) is 2.18. The smallest absolute Gasteiger partial charge is 0.241 e. The molecule has 98 valence electrons. The zero-order valence-electron chi connectivity index (χ0n) is 11.1. The number of carbonyl (C=O) groups excluding carboxylic acids is 1. The number of nitrogens with zero attached hydrogens (tertiary/aromatic N) is 4. The number of hydrogen-bond acceptors (Lipinski definition) is 5. The van der Waals surface area contributed by atoms with Gasteiger partial charge in [0.05, 0.1) is 6.54 Å². The third-order valence-electron chi connectivity index (χ3n) is 3.27. The maximum absolute atomic E-state index is 11.9. The minimum atomic E-state index is 0.136. The van der Waals surface area contributed by atoms with E-state index in [1.807, 2.05) is 25.9 Å². The van der Waals surface area contributed by atoms with Gasteiger partial charge >= 0.3 is 0 Å². The summed E-state index contributed by atoms with van der Waals surface area (Å²) in [5.74, 6) is 1.79. The SMILES string of the molecule is CNc1ncnc(N2CCCN(C)C(=O)C2)c1C. The highest BCUT2D eigenvalue weighted by molar-refractivity contribution is 5.81. The molecule has 1 aliphatic rings. The van der Waals surface area contributed by atoms with Crippen molar-refractivity contribution in [3.05, 3.63) is 11.9 Å². The predicted octanol–water partition coefficient (Wildman–Crippen LogP) is 0.495. The molecule has 0 aromatic carbocycles. The van der Waals surface area contributed by atoms with E-state index < -0.39 is 0 Å². The molecule has 1 aliphatic heterocycles. The van der Waals surface area contributed by atoms with Crippen molar-refractivity contribution in [2.45, 2.75) is 13.3 Å². The average molecular weight is 249 g/mol. The highest BCUT2D eigenvalue weighted by Gasteiger charge is 2.21. The predicted molar refractivity (Wildman–Crippen MR) is 70.8 cm³/mol. The molecule has 1 aromatic heterocycles. The van der Waals surface area contributed by atoms with Crippen molar-refractivity contribution in [3.8, 4) is 0 Å². The molecule has 0 bridgehead atoms. The fourth-order valence-corrected chi connectivity index (χ4v) is 2.18. The van der Waals surface area contributed by atoms with E-state index in [0.29, 0.717) is 6.54 Å². The van der Waals surface area contributed by atoms with Crippen molar-refractivity contribution in [1.29, 1.82) is 0 Å². The molecule has 6 nitrogen and oxygen atoms in total. The summed E-state index contributed by atoms with van der Waals surface area (Å²) in [5, 5.41) is 3.04. The summed E-state index contributed by atoms with van der Waals surface area (Å²) in [6.07, 6.45) is 2.49. The highest BCUT2D eigenvalue weighted by Crippen LogP contribution is 2.22. The standard InChI is InChI=1S/C12H19N5O/c1-9-11(13-2)14-8-15-12(9)17-6-4-5-16(3)10(18)7-17/h8H,4-7H2,1-3H3,(H,13,14,15). The van der Waals surface area contributed by atoms with Crippen molar-refractivity contribution >= 4 is 17.5 Å². The van der Waals surface area contributed by atoms with Crippen LogP contribution in [0.4, 0.5) is 11.6 Å². The number of rotatable bonds is 2. The monoisotopic (exact) mass is 249 g/mol. The molecule has 2 rings (SSSR count). The topological polar surface area (TPSA) is 61.4 Å². The van der Waals surface area contributed by atoms with Crippen molar-refractivity contribution in [3.63, 3.8) is 0 Å². The number of nitrogens with one attached hydrogen (secondary N) is 1. The molecule has 1 N–H and O–H groups in total. The highest BCUT2D eigenvalue weighted by atomic mass is 16.2. The van der Waals surface area contributed by atoms with Crippen molar-refractivity contribution in [1.82, 2.24) is 14.9 Å². The molecule has 0 aliphatic carbocycles. The molecular weight excluding hydrogens is 230 g/mol. The van der Waals surface area contributed by atoms with Crippen LogP contribution in [0.3, 0.4) is 0 Å². The number of hydrogen-bond donors (Lipinski definition) is 1. The van der Waals surface area contributed by atoms with Crippen molar-refractivity contribution < 1.29 is 4.79 Å². The van der Waals surface area contributed by atoms with Gasteiger partial charge in [-0.3, -0.25) is 4.79 Å². The molecule has 0 radical (unpaired) electrons. The third kappa shape index (κ3) is 2.37. The van der Waals surface area contributed by atoms with E-state index in [2.05, 4.69) is 15.3 Å². The number of anilines is 2. The minimum Gasteiger partial charge on any atom is -0.373 e. The first kappa shape index (κ1) is 12.6. The number of amides is 1. The summed E-state index contributed by atoms with van der Waals surface area (Å²) >= 11 is 0. The van der Waals surface area contributed by atoms with Crippen LogP contribution in [0, 0.1) is 6.92 Å². The van der Waals surface area contributed by atoms with Crippen molar-refractivity contribution in [2.24, 2.45) is 0 Å². The quantitative estimate of drug-likeness (QED) is 0.827. The maximum atomic E-state index is 11.9. The van der Waals surface area contributed by atoms with Crippen LogP contribution in [-0.2, 0) is 4.79 Å². The normalized spacial score (nSPS) is 16.7. The number of likely N-dealkylation sites (N-methyl/N-ethyl adjacent to an activating group) is 1. The van der Waals surface area contributed by atoms with Gasteiger partial charge < -0.3 is 15.1 Å². The molecule has 6 heteroatoms. The van der Waals surface area contributed by atoms with Crippen LogP contribution in [0.25, 0.3) is 0 Å². The van der Waals surface area contributed by atoms with E-state index >= 15 is 0 Å². The van der Waals surface area contributed by atoms with Gasteiger partial charge in [-0.2, -0.15) is 0 Å². The molecule has 1 aromatic rings. The van der Waals surface area contributed by atoms with Crippen LogP contribution < -0.4 is 10.2 Å². The van der Waals surface area contributed by atoms with Crippen molar-refractivity contribution in [2.75, 3.05) is 43.9 Å². The zero-order valence-corrected chi connectivity index (χ0v) is 11.1. The largest absolute Gasteiger partial charge is 0.373 e. The summed E-state index contributed by atoms with van der Waals surface area (Å²) in [6.45, 7) is 4.01. The minimum absolute atomic E-state index is 0.136. The van der Waals surface area contributed by atoms with Gasteiger partial charge in [0.1, 0.15) is 18.0 Å². The number of carbonyl (C=O) groups is 1. The summed E-state index contributed by atoms with van der Waals surface area (Å²) < 4.78 is 0. The molecule has 1 saturated heterocycles. The molecule has 0 saturated carbocycles. The fraction of sp³-hybridized carbons (Fsp3) is 0.583. The van der Waals surface area contributed by atoms with E-state index in [1.165, 1.54) is 6.33 Å². The average Bonchev–Trinajstić information content (AvgIpc) is 2.52. The second-order valence-corrected chi connectivity index (χ2v) is 4.51. The molecule has 0 unspecified atom stereocenters. The summed E-state index contributed by atoms with van der Waals surface area (Å²) in [4.78, 5) is 24.2. The Morgan fingerprint density at radius 1 is 1.33 bits per heavy atom. The lowest BCUT2D eigenvalue weighted by Crippen LogP contribution is -2.35. The summed E-state index contributed by atoms with van der Waals surface area (Å²) in [6, 6.07) is 0. The lowest BCUT2D eigenvalue weighted by atomic mass is 10.2. The van der Waals surface area contributed by atoms with Crippen LogP contribution >= 0.6 is 0 Å². The Kier molecular flexibility index (Phi) is 3.64. The Labute approximate surface area is 107 Å². The van der Waals surface area contributed by atoms with Crippen LogP contribution in [0.1, 0.15) is 12.0 Å². The van der Waals surface area contributed by atoms with Gasteiger partial charge in [-0.05, 0) is 13.3 Å². The summed E-state index contributed by atoms with van der Waals surface area (Å²) in [7, 11) is 3.68. The lowest BCUT2D eigenvalue weighted by Gasteiger charge is -2.23. The van der Waals surface area contributed by atoms with Gasteiger partial charge in [0.15, 0.2) is 0 Å². The van der Waals surface area contributed by atoms with Gasteiger partial charge in [-0.1, -0.05) is 0 Å². The first-order valence-corrected chi connectivity index (χ1v) is 6.11. The zero-order chi connectivity index (χ0) is 13.1. The Balaban J connectivity index is 2.28. The summed E-state index contributed by atoms with van der Waals surface area (Å²) in [5.41, 5.74) is 0.984. The van der Waals surface area contributed by atoms with Crippen LogP contribution in [-0.4, -0.2) is 54.5 Å². The van der Waals surface area contributed by atoms with Gasteiger partial charge in [0.2, 0.25) is 5.91 Å². The maximum Gasteiger partial charge on any atom is 0.241 e. The molecule has 0 spiro atoms. The molecule has 1 amide bonds. The molecule has 2 heterocycles. The van der Waals surface area contributed by atoms with E-state index in [1.54, 1.807) is 4.90 Å². The second-order valence-electron chi connectivity index (χ2n) is 4.51. The first-order valence-electron chi connectivity index (χ1n) is 6.11. The molecule has 18 heavy (non-hydrogen) atoms. The van der Waals surface area contributed by atoms with Crippen LogP contribution in [0.15, 0.2) is 6.33 Å². The molecular formula is C12H19N5O. The number of aromatic nitrogens is 2. The van der Waals surface area contributed by atoms with E-state index in [-0.39, 0.29) is 5.91 Å². The molecule has 0 atom stereocenters. The lowest BCUT2D eigenvalue weighted by molar-refractivity contribution is -0.127. The third-order valence-corrected chi connectivity index (χ3v) is 3.27. The van der Waals surface area contributed by atoms with Gasteiger partial charge in [-0.15, -0.1) is 0 Å². The Morgan fingerprint density at radius 2 is 2.11 bits per heavy atom. The molecule has 1 fully saturated rings. The van der Waals surface area contributed by atoms with E-state index in [4.69, 9.17) is 0 Å². The first-order chi connectivity index (χ1) is 8.63. The second kappa shape index (κ2) is 5.20. The Hall–Kier alpha value is -1.85. The van der Waals surface area contributed by atoms with E-state index in [9.17, 15) is 4.79 Å². The van der Waals surface area contributed by atoms with Gasteiger partial charge in [0.25, 0.3) is 0 Å². The van der Waals surface area contributed by atoms with Gasteiger partial charge in [-0.25, -0.2) is 9.97 Å². The van der Waals surface area contributed by atoms with Gasteiger partial charge in [0, 0.05) is 32.7 Å². The Bertz CT molecular complexity index is 448. The van der Waals surface area contributed by atoms with Crippen LogP contribution in [0.5, 0.6) is 0 Å². The Morgan fingerprint density at radius 3 is 2.83 bits per heavy atom. The van der Waals surface area contributed by atoms with E-state index in [0.717, 1.165) is 36.7 Å².